The Morgan fingerprint density at radius 2 is 2.11 bits per heavy atom. The quantitative estimate of drug-likeness (QED) is 0.852. The summed E-state index contributed by atoms with van der Waals surface area (Å²) < 4.78 is 13.7. The number of hydrogen-bond acceptors (Lipinski definition) is 3. The van der Waals surface area contributed by atoms with Crippen molar-refractivity contribution >= 4 is 23.3 Å². The van der Waals surface area contributed by atoms with Crippen LogP contribution in [0.2, 0.25) is 0 Å². The summed E-state index contributed by atoms with van der Waals surface area (Å²) in [5.41, 5.74) is 1.80. The average Bonchev–Trinajstić information content (AvgIpc) is 2.64. The summed E-state index contributed by atoms with van der Waals surface area (Å²) >= 11 is 5.40. The Kier molecular flexibility index (Phi) is 3.96. The fourth-order valence-electron chi connectivity index (χ4n) is 2.24. The van der Waals surface area contributed by atoms with E-state index in [0.717, 1.165) is 16.8 Å². The first-order valence-corrected chi connectivity index (χ1v) is 6.78. The summed E-state index contributed by atoms with van der Waals surface area (Å²) in [5, 5.41) is 0. The van der Waals surface area contributed by atoms with E-state index >= 15 is 0 Å². The number of methoxy groups -OCH3 is 1. The second-order valence-electron chi connectivity index (χ2n) is 5.09. The van der Waals surface area contributed by atoms with Gasteiger partial charge in [-0.2, -0.15) is 0 Å². The molecule has 0 atom stereocenters. The number of fused-ring (bicyclic) bond motifs is 1. The lowest BCUT2D eigenvalue weighted by atomic mass is 10.1. The number of hydrogen-bond donors (Lipinski definition) is 1. The lowest BCUT2D eigenvalue weighted by Crippen LogP contribution is -2.30. The molecule has 5 heteroatoms. The average molecular weight is 280 g/mol. The van der Waals surface area contributed by atoms with E-state index in [9.17, 15) is 0 Å². The van der Waals surface area contributed by atoms with Gasteiger partial charge < -0.3 is 19.0 Å². The van der Waals surface area contributed by atoms with Gasteiger partial charge in [-0.15, -0.1) is 0 Å². The molecule has 0 amide bonds. The Hall–Kier alpha value is -1.33. The first kappa shape index (κ1) is 14.1. The Morgan fingerprint density at radius 1 is 1.37 bits per heavy atom. The molecule has 19 heavy (non-hydrogen) atoms. The first-order valence-electron chi connectivity index (χ1n) is 6.37. The van der Waals surface area contributed by atoms with Crippen LogP contribution in [0.4, 0.5) is 0 Å². The van der Waals surface area contributed by atoms with E-state index in [1.165, 1.54) is 0 Å². The fraction of sp³-hybridized carbons (Fsp3) is 0.500. The number of aromatic amines is 1. The highest BCUT2D eigenvalue weighted by molar-refractivity contribution is 7.71. The second-order valence-corrected chi connectivity index (χ2v) is 5.48. The van der Waals surface area contributed by atoms with Crippen molar-refractivity contribution in [3.63, 3.8) is 0 Å². The van der Waals surface area contributed by atoms with Gasteiger partial charge in [0.05, 0.1) is 30.3 Å². The zero-order valence-electron chi connectivity index (χ0n) is 11.8. The maximum absolute atomic E-state index is 5.75. The molecule has 0 saturated carbocycles. The molecule has 2 aromatic rings. The van der Waals surface area contributed by atoms with E-state index in [2.05, 4.69) is 23.4 Å². The molecule has 0 aliphatic rings. The molecule has 1 heterocycles. The molecular formula is C14H20N2O2S. The van der Waals surface area contributed by atoms with Crippen LogP contribution in [0.3, 0.4) is 0 Å². The maximum atomic E-state index is 5.75. The van der Waals surface area contributed by atoms with Gasteiger partial charge >= 0.3 is 0 Å². The van der Waals surface area contributed by atoms with Crippen molar-refractivity contribution in [3.8, 4) is 5.75 Å². The molecule has 0 saturated heterocycles. The SMILES string of the molecule is CCOC(C)(C)Cn1c(=S)[nH]c2cc(OC)ccc21. The molecule has 0 unspecified atom stereocenters. The Morgan fingerprint density at radius 3 is 2.74 bits per heavy atom. The van der Waals surface area contributed by atoms with Crippen LogP contribution >= 0.6 is 12.2 Å². The number of aromatic nitrogens is 2. The highest BCUT2D eigenvalue weighted by atomic mass is 32.1. The second kappa shape index (κ2) is 5.35. The summed E-state index contributed by atoms with van der Waals surface area (Å²) in [4.78, 5) is 3.21. The topological polar surface area (TPSA) is 39.2 Å². The van der Waals surface area contributed by atoms with Crippen molar-refractivity contribution in [2.45, 2.75) is 32.9 Å². The third-order valence-corrected chi connectivity index (χ3v) is 3.38. The lowest BCUT2D eigenvalue weighted by Gasteiger charge is -2.25. The standard InChI is InChI=1S/C14H20N2O2S/c1-5-18-14(2,3)9-16-12-7-6-10(17-4)8-11(12)15-13(16)19/h6-8H,5,9H2,1-4H3,(H,15,19). The molecule has 1 aromatic heterocycles. The molecule has 0 aliphatic carbocycles. The minimum atomic E-state index is -0.248. The summed E-state index contributed by atoms with van der Waals surface area (Å²) in [6.45, 7) is 7.55. The van der Waals surface area contributed by atoms with Crippen LogP contribution in [-0.4, -0.2) is 28.9 Å². The van der Waals surface area contributed by atoms with Gasteiger partial charge in [0.1, 0.15) is 5.75 Å². The normalized spacial score (nSPS) is 12.0. The monoisotopic (exact) mass is 280 g/mol. The van der Waals surface area contributed by atoms with Crippen molar-refractivity contribution < 1.29 is 9.47 Å². The van der Waals surface area contributed by atoms with Gasteiger partial charge in [-0.05, 0) is 45.1 Å². The smallest absolute Gasteiger partial charge is 0.178 e. The van der Waals surface area contributed by atoms with Gasteiger partial charge in [0.15, 0.2) is 4.77 Å². The van der Waals surface area contributed by atoms with Gasteiger partial charge in [-0.1, -0.05) is 0 Å². The Balaban J connectivity index is 2.43. The van der Waals surface area contributed by atoms with E-state index in [0.29, 0.717) is 17.9 Å². The Bertz CT molecular complexity index is 628. The number of H-pyrrole nitrogens is 1. The number of imidazole rings is 1. The van der Waals surface area contributed by atoms with Crippen LogP contribution in [0.15, 0.2) is 18.2 Å². The molecule has 0 fully saturated rings. The van der Waals surface area contributed by atoms with Crippen molar-refractivity contribution in [1.29, 1.82) is 0 Å². The molecular weight excluding hydrogens is 260 g/mol. The predicted molar refractivity (Wildman–Crippen MR) is 79.4 cm³/mol. The number of nitrogens with one attached hydrogen (secondary N) is 1. The van der Waals surface area contributed by atoms with Crippen LogP contribution in [0.5, 0.6) is 5.75 Å². The predicted octanol–water partition coefficient (Wildman–Crippen LogP) is 3.52. The summed E-state index contributed by atoms with van der Waals surface area (Å²) in [6.07, 6.45) is 0. The van der Waals surface area contributed by atoms with Crippen molar-refractivity contribution in [1.82, 2.24) is 9.55 Å². The van der Waals surface area contributed by atoms with Crippen molar-refractivity contribution in [2.24, 2.45) is 0 Å². The molecule has 0 bridgehead atoms. The van der Waals surface area contributed by atoms with Gasteiger partial charge in [-0.3, -0.25) is 0 Å². The van der Waals surface area contributed by atoms with E-state index in [1.54, 1.807) is 7.11 Å². The minimum Gasteiger partial charge on any atom is -0.497 e. The lowest BCUT2D eigenvalue weighted by molar-refractivity contribution is -0.0219. The van der Waals surface area contributed by atoms with Crippen molar-refractivity contribution in [2.75, 3.05) is 13.7 Å². The van der Waals surface area contributed by atoms with Crippen LogP contribution in [0, 0.1) is 4.77 Å². The van der Waals surface area contributed by atoms with E-state index in [-0.39, 0.29) is 5.60 Å². The van der Waals surface area contributed by atoms with Crippen LogP contribution in [0.1, 0.15) is 20.8 Å². The highest BCUT2D eigenvalue weighted by Gasteiger charge is 2.20. The zero-order valence-corrected chi connectivity index (χ0v) is 12.6. The van der Waals surface area contributed by atoms with Gasteiger partial charge in [-0.25, -0.2) is 0 Å². The summed E-state index contributed by atoms with van der Waals surface area (Å²) in [6, 6.07) is 5.91. The zero-order chi connectivity index (χ0) is 14.0. The Labute approximate surface area is 118 Å². The molecule has 104 valence electrons. The van der Waals surface area contributed by atoms with Crippen LogP contribution < -0.4 is 4.74 Å². The third kappa shape index (κ3) is 2.98. The highest BCUT2D eigenvalue weighted by Crippen LogP contribution is 2.23. The third-order valence-electron chi connectivity index (χ3n) is 3.06. The number of ether oxygens (including phenoxy) is 2. The van der Waals surface area contributed by atoms with Crippen molar-refractivity contribution in [3.05, 3.63) is 23.0 Å². The minimum absolute atomic E-state index is 0.248. The maximum Gasteiger partial charge on any atom is 0.178 e. The molecule has 2 rings (SSSR count). The summed E-state index contributed by atoms with van der Waals surface area (Å²) in [5.74, 6) is 0.819. The van der Waals surface area contributed by atoms with E-state index in [1.807, 2.05) is 25.1 Å². The molecule has 4 nitrogen and oxygen atoms in total. The van der Waals surface area contributed by atoms with E-state index in [4.69, 9.17) is 21.7 Å². The number of nitrogens with zero attached hydrogens (tertiary/aromatic N) is 1. The van der Waals surface area contributed by atoms with Gasteiger partial charge in [0, 0.05) is 12.7 Å². The first-order chi connectivity index (χ1) is 8.96. The number of benzene rings is 1. The summed E-state index contributed by atoms with van der Waals surface area (Å²) in [7, 11) is 1.66. The molecule has 0 aliphatic heterocycles. The van der Waals surface area contributed by atoms with Crippen LogP contribution in [0.25, 0.3) is 11.0 Å². The molecule has 0 radical (unpaired) electrons. The van der Waals surface area contributed by atoms with Gasteiger partial charge in [0.2, 0.25) is 0 Å². The molecule has 1 N–H and O–H groups in total. The van der Waals surface area contributed by atoms with E-state index < -0.39 is 0 Å². The molecule has 0 spiro atoms. The number of rotatable bonds is 5. The largest absolute Gasteiger partial charge is 0.497 e. The molecule has 1 aromatic carbocycles. The fourth-order valence-corrected chi connectivity index (χ4v) is 2.52. The van der Waals surface area contributed by atoms with Crippen LogP contribution in [-0.2, 0) is 11.3 Å². The van der Waals surface area contributed by atoms with Gasteiger partial charge in [0.25, 0.3) is 0 Å².